The van der Waals surface area contributed by atoms with E-state index in [9.17, 15) is 0 Å². The van der Waals surface area contributed by atoms with Crippen LogP contribution in [0.2, 0.25) is 0 Å². The smallest absolute Gasteiger partial charge is 0.0679 e. The van der Waals surface area contributed by atoms with Crippen molar-refractivity contribution in [1.82, 2.24) is 5.32 Å². The van der Waals surface area contributed by atoms with Crippen LogP contribution in [0.1, 0.15) is 19.8 Å². The van der Waals surface area contributed by atoms with Gasteiger partial charge in [-0.3, -0.25) is 0 Å². The number of hydrogen-bond acceptors (Lipinski definition) is 2. The molecule has 0 aliphatic carbocycles. The second-order valence-corrected chi connectivity index (χ2v) is 2.40. The van der Waals surface area contributed by atoms with Gasteiger partial charge in [0.15, 0.2) is 0 Å². The van der Waals surface area contributed by atoms with Crippen molar-refractivity contribution < 1.29 is 5.11 Å². The predicted octanol–water partition coefficient (Wildman–Crippen LogP) is 0.119. The van der Waals surface area contributed by atoms with E-state index in [0.29, 0.717) is 6.04 Å². The predicted molar refractivity (Wildman–Crippen MR) is 32.7 cm³/mol. The maximum absolute atomic E-state index is 8.97. The molecule has 1 fully saturated rings. The van der Waals surface area contributed by atoms with E-state index >= 15 is 0 Å². The van der Waals surface area contributed by atoms with E-state index in [1.807, 2.05) is 0 Å². The molecule has 2 nitrogen and oxygen atoms in total. The lowest BCUT2D eigenvalue weighted by atomic mass is 10.2. The van der Waals surface area contributed by atoms with Crippen LogP contribution in [0, 0.1) is 0 Å². The first-order valence-corrected chi connectivity index (χ1v) is 3.24. The van der Waals surface area contributed by atoms with Crippen LogP contribution >= 0.6 is 0 Å². The Morgan fingerprint density at radius 2 is 2.50 bits per heavy atom. The van der Waals surface area contributed by atoms with Gasteiger partial charge in [-0.2, -0.15) is 0 Å². The van der Waals surface area contributed by atoms with Crippen molar-refractivity contribution in [2.75, 3.05) is 6.54 Å². The standard InChI is InChI=1S/C6H13NO/c1-2-5-3-6(8)4-7-5/h5-8H,2-4H2,1H3/t5?,6-/m1/s1. The van der Waals surface area contributed by atoms with Gasteiger partial charge in [0.25, 0.3) is 0 Å². The number of aliphatic hydroxyl groups excluding tert-OH is 1. The van der Waals surface area contributed by atoms with Gasteiger partial charge in [-0.1, -0.05) is 6.92 Å². The fourth-order valence-electron chi connectivity index (χ4n) is 1.11. The summed E-state index contributed by atoms with van der Waals surface area (Å²) in [5.74, 6) is 0. The Morgan fingerprint density at radius 3 is 2.75 bits per heavy atom. The van der Waals surface area contributed by atoms with Gasteiger partial charge in [-0.15, -0.1) is 0 Å². The third kappa shape index (κ3) is 1.20. The zero-order valence-corrected chi connectivity index (χ0v) is 5.22. The molecule has 8 heavy (non-hydrogen) atoms. The minimum atomic E-state index is -0.0834. The molecular formula is C6H13NO. The summed E-state index contributed by atoms with van der Waals surface area (Å²) in [7, 11) is 0. The maximum Gasteiger partial charge on any atom is 0.0679 e. The summed E-state index contributed by atoms with van der Waals surface area (Å²) in [5.41, 5.74) is 0. The third-order valence-corrected chi connectivity index (χ3v) is 1.69. The highest BCUT2D eigenvalue weighted by Gasteiger charge is 2.19. The van der Waals surface area contributed by atoms with E-state index in [-0.39, 0.29) is 6.10 Å². The highest BCUT2D eigenvalue weighted by molar-refractivity contribution is 4.79. The summed E-state index contributed by atoms with van der Waals surface area (Å²) < 4.78 is 0. The van der Waals surface area contributed by atoms with E-state index < -0.39 is 0 Å². The molecule has 2 atom stereocenters. The quantitative estimate of drug-likeness (QED) is 0.508. The lowest BCUT2D eigenvalue weighted by molar-refractivity contribution is 0.193. The molecule has 2 heteroatoms. The Hall–Kier alpha value is -0.0800. The molecule has 0 amide bonds. The van der Waals surface area contributed by atoms with Gasteiger partial charge < -0.3 is 10.4 Å². The Bertz CT molecular complexity index is 74.9. The van der Waals surface area contributed by atoms with Gasteiger partial charge in [0.2, 0.25) is 0 Å². The SMILES string of the molecule is CCC1C[C@@H](O)CN1. The molecule has 0 bridgehead atoms. The molecule has 0 aromatic carbocycles. The second kappa shape index (κ2) is 2.46. The van der Waals surface area contributed by atoms with Crippen molar-refractivity contribution in [1.29, 1.82) is 0 Å². The van der Waals surface area contributed by atoms with Gasteiger partial charge in [-0.05, 0) is 12.8 Å². The first-order chi connectivity index (χ1) is 3.83. The lowest BCUT2D eigenvalue weighted by Gasteiger charge is -2.02. The van der Waals surface area contributed by atoms with Crippen molar-refractivity contribution in [3.05, 3.63) is 0 Å². The summed E-state index contributed by atoms with van der Waals surface area (Å²) in [6.07, 6.45) is 1.99. The van der Waals surface area contributed by atoms with Crippen molar-refractivity contribution >= 4 is 0 Å². The largest absolute Gasteiger partial charge is 0.392 e. The summed E-state index contributed by atoms with van der Waals surface area (Å²) in [6, 6.07) is 0.574. The first-order valence-electron chi connectivity index (χ1n) is 3.24. The van der Waals surface area contributed by atoms with Gasteiger partial charge in [0.1, 0.15) is 0 Å². The number of β-amino-alcohol motifs (C(OH)–C–C–N with tert-alkyl or cyclic N) is 1. The fraction of sp³-hybridized carbons (Fsp3) is 1.00. The minimum Gasteiger partial charge on any atom is -0.392 e. The summed E-state index contributed by atoms with van der Waals surface area (Å²) >= 11 is 0. The lowest BCUT2D eigenvalue weighted by Crippen LogP contribution is -2.19. The van der Waals surface area contributed by atoms with Crippen molar-refractivity contribution in [2.24, 2.45) is 0 Å². The van der Waals surface area contributed by atoms with Crippen molar-refractivity contribution in [2.45, 2.75) is 31.9 Å². The van der Waals surface area contributed by atoms with Crippen molar-refractivity contribution in [3.8, 4) is 0 Å². The number of hydrogen-bond donors (Lipinski definition) is 2. The molecule has 0 radical (unpaired) electrons. The summed E-state index contributed by atoms with van der Waals surface area (Å²) in [5, 5.41) is 12.2. The van der Waals surface area contributed by atoms with Crippen LogP contribution in [0.5, 0.6) is 0 Å². The minimum absolute atomic E-state index is 0.0834. The molecule has 0 spiro atoms. The monoisotopic (exact) mass is 115 g/mol. The topological polar surface area (TPSA) is 32.3 Å². The third-order valence-electron chi connectivity index (χ3n) is 1.69. The molecule has 1 saturated heterocycles. The van der Waals surface area contributed by atoms with E-state index in [4.69, 9.17) is 5.11 Å². The number of aliphatic hydroxyl groups is 1. The van der Waals surface area contributed by atoms with Crippen LogP contribution in [0.15, 0.2) is 0 Å². The average Bonchev–Trinajstić information content (AvgIpc) is 2.14. The van der Waals surface area contributed by atoms with Crippen LogP contribution in [0.3, 0.4) is 0 Å². The highest BCUT2D eigenvalue weighted by atomic mass is 16.3. The first kappa shape index (κ1) is 6.05. The Balaban J connectivity index is 2.22. The molecule has 48 valence electrons. The number of rotatable bonds is 1. The van der Waals surface area contributed by atoms with E-state index in [2.05, 4.69) is 12.2 Å². The summed E-state index contributed by atoms with van der Waals surface area (Å²) in [6.45, 7) is 2.92. The molecule has 0 aromatic heterocycles. The molecule has 1 aliphatic rings. The maximum atomic E-state index is 8.97. The van der Waals surface area contributed by atoms with E-state index in [1.54, 1.807) is 0 Å². The zero-order valence-electron chi connectivity index (χ0n) is 5.22. The molecule has 2 N–H and O–H groups in total. The molecule has 1 heterocycles. The van der Waals surface area contributed by atoms with Crippen LogP contribution in [-0.4, -0.2) is 23.8 Å². The molecule has 1 unspecified atom stereocenters. The molecule has 0 saturated carbocycles. The fourth-order valence-corrected chi connectivity index (χ4v) is 1.11. The number of nitrogens with one attached hydrogen (secondary N) is 1. The van der Waals surface area contributed by atoms with Gasteiger partial charge in [0.05, 0.1) is 6.10 Å². The van der Waals surface area contributed by atoms with Gasteiger partial charge in [-0.25, -0.2) is 0 Å². The normalized spacial score (nSPS) is 38.2. The van der Waals surface area contributed by atoms with E-state index in [0.717, 1.165) is 19.4 Å². The van der Waals surface area contributed by atoms with Gasteiger partial charge >= 0.3 is 0 Å². The second-order valence-electron chi connectivity index (χ2n) is 2.40. The summed E-state index contributed by atoms with van der Waals surface area (Å²) in [4.78, 5) is 0. The van der Waals surface area contributed by atoms with E-state index in [1.165, 1.54) is 0 Å². The van der Waals surface area contributed by atoms with Crippen LogP contribution in [0.4, 0.5) is 0 Å². The average molecular weight is 115 g/mol. The molecule has 1 aliphatic heterocycles. The molecule has 1 rings (SSSR count). The van der Waals surface area contributed by atoms with Crippen LogP contribution in [0.25, 0.3) is 0 Å². The van der Waals surface area contributed by atoms with Gasteiger partial charge in [0, 0.05) is 12.6 Å². The van der Waals surface area contributed by atoms with Crippen LogP contribution < -0.4 is 5.32 Å². The molecule has 0 aromatic rings. The van der Waals surface area contributed by atoms with Crippen molar-refractivity contribution in [3.63, 3.8) is 0 Å². The highest BCUT2D eigenvalue weighted by Crippen LogP contribution is 2.07. The molecular weight excluding hydrogens is 102 g/mol. The Kier molecular flexibility index (Phi) is 1.86. The Morgan fingerprint density at radius 1 is 1.75 bits per heavy atom. The Labute approximate surface area is 49.9 Å². The van der Waals surface area contributed by atoms with Crippen LogP contribution in [-0.2, 0) is 0 Å². The zero-order chi connectivity index (χ0) is 5.98.